The Hall–Kier alpha value is -3.15. The van der Waals surface area contributed by atoms with Crippen LogP contribution in [0, 0.1) is 12.8 Å². The maximum absolute atomic E-state index is 12.4. The molecule has 0 unspecified atom stereocenters. The van der Waals surface area contributed by atoms with E-state index in [1.54, 1.807) is 18.2 Å². The predicted molar refractivity (Wildman–Crippen MR) is 115 cm³/mol. The molecule has 1 aromatic carbocycles. The smallest absolute Gasteiger partial charge is 0.251 e. The minimum Gasteiger partial charge on any atom is -0.465 e. The fraction of sp³-hybridized carbons (Fsp3) is 0.318. The maximum atomic E-state index is 12.4. The van der Waals surface area contributed by atoms with Crippen molar-refractivity contribution >= 4 is 11.6 Å². The van der Waals surface area contributed by atoms with Gasteiger partial charge in [-0.25, -0.2) is 0 Å². The third-order valence-corrected chi connectivity index (χ3v) is 4.91. The number of furan rings is 1. The number of aryl methyl sites for hydroxylation is 1. The Balaban J connectivity index is 0.00000225. The van der Waals surface area contributed by atoms with E-state index < -0.39 is 0 Å². The molecule has 0 saturated heterocycles. The van der Waals surface area contributed by atoms with Crippen molar-refractivity contribution in [1.29, 1.82) is 0 Å². The van der Waals surface area contributed by atoms with Gasteiger partial charge in [-0.2, -0.15) is 0 Å². The molecule has 2 aromatic rings. The summed E-state index contributed by atoms with van der Waals surface area (Å²) in [5, 5.41) is 5.95. The number of nitrogens with one attached hydrogen (secondary N) is 2. The van der Waals surface area contributed by atoms with E-state index in [9.17, 15) is 4.79 Å². The van der Waals surface area contributed by atoms with Gasteiger partial charge in [-0.1, -0.05) is 18.9 Å². The number of benzene rings is 1. The van der Waals surface area contributed by atoms with Crippen LogP contribution in [0.4, 0.5) is 5.69 Å². The molecule has 1 aliphatic rings. The zero-order valence-electron chi connectivity index (χ0n) is 16.2. The van der Waals surface area contributed by atoms with Crippen molar-refractivity contribution in [2.75, 3.05) is 5.32 Å². The number of nitrogens with two attached hydrogens (primary N) is 2. The molecular weight excluding hydrogens is 352 g/mol. The zero-order valence-corrected chi connectivity index (χ0v) is 16.2. The molecule has 3 rings (SSSR count). The van der Waals surface area contributed by atoms with Crippen molar-refractivity contribution in [3.8, 4) is 0 Å². The highest BCUT2D eigenvalue weighted by molar-refractivity contribution is 5.95. The van der Waals surface area contributed by atoms with Crippen LogP contribution in [0.5, 0.6) is 0 Å². The highest BCUT2D eigenvalue weighted by Gasteiger charge is 2.16. The number of hydrogen-bond donors (Lipinski definition) is 4. The third kappa shape index (κ3) is 5.42. The highest BCUT2D eigenvalue weighted by Crippen LogP contribution is 2.28. The normalized spacial score (nSPS) is 15.6. The van der Waals surface area contributed by atoms with Gasteiger partial charge in [-0.05, 0) is 68.2 Å². The molecule has 6 nitrogen and oxygen atoms in total. The van der Waals surface area contributed by atoms with Gasteiger partial charge in [0.25, 0.3) is 5.91 Å². The third-order valence-electron chi connectivity index (χ3n) is 4.91. The number of rotatable bonds is 7. The largest absolute Gasteiger partial charge is 0.465 e. The van der Waals surface area contributed by atoms with Crippen molar-refractivity contribution in [1.82, 2.24) is 5.32 Å². The lowest BCUT2D eigenvalue weighted by atomic mass is 10.0. The molecule has 28 heavy (non-hydrogen) atoms. The first kappa shape index (κ1) is 19.6. The summed E-state index contributed by atoms with van der Waals surface area (Å²) in [7, 11) is 0. The number of carbonyl (C=O) groups excluding carboxylic acids is 1. The van der Waals surface area contributed by atoms with Gasteiger partial charge in [-0.15, -0.1) is 0 Å². The molecule has 0 radical (unpaired) electrons. The molecule has 1 heterocycles. The van der Waals surface area contributed by atoms with E-state index in [2.05, 4.69) is 10.6 Å². The second-order valence-electron chi connectivity index (χ2n) is 7.17. The van der Waals surface area contributed by atoms with Crippen LogP contribution in [0.25, 0.3) is 0 Å². The molecule has 6 N–H and O–H groups in total. The monoisotopic (exact) mass is 384 g/mol. The molecule has 0 aliphatic heterocycles. The molecule has 1 aromatic heterocycles. The van der Waals surface area contributed by atoms with Gasteiger partial charge in [0.15, 0.2) is 0 Å². The lowest BCUT2D eigenvalue weighted by Gasteiger charge is -2.10. The van der Waals surface area contributed by atoms with E-state index in [1.165, 1.54) is 12.8 Å². The van der Waals surface area contributed by atoms with Gasteiger partial charge in [0.2, 0.25) is 0 Å². The summed E-state index contributed by atoms with van der Waals surface area (Å²) in [5.41, 5.74) is 14.4. The van der Waals surface area contributed by atoms with E-state index in [4.69, 9.17) is 15.9 Å². The standard InChI is InChI=1S/C22H28N4O2.2H2/c1-15-9-10-19(28-15)14-25-22(27)17-7-4-8-18(13-17)26-21(24)12-11-20(23)16-5-2-3-6-16;;/h4,7-13,16,26H,2-3,5-6,14,23-24H2,1H3,(H,25,27);2*1H/b20-11-,21-12+;;. The van der Waals surface area contributed by atoms with Gasteiger partial charge >= 0.3 is 0 Å². The average Bonchev–Trinajstić information content (AvgIpc) is 3.36. The van der Waals surface area contributed by atoms with Crippen molar-refractivity contribution in [3.63, 3.8) is 0 Å². The van der Waals surface area contributed by atoms with Crippen LogP contribution in [0.3, 0.4) is 0 Å². The van der Waals surface area contributed by atoms with Gasteiger partial charge in [-0.3, -0.25) is 4.79 Å². The summed E-state index contributed by atoms with van der Waals surface area (Å²) in [6.45, 7) is 2.21. The summed E-state index contributed by atoms with van der Waals surface area (Å²) < 4.78 is 5.46. The van der Waals surface area contributed by atoms with Crippen LogP contribution in [-0.4, -0.2) is 5.91 Å². The molecular formula is C22H32N4O2. The molecule has 6 heteroatoms. The van der Waals surface area contributed by atoms with Crippen molar-refractivity contribution in [2.45, 2.75) is 39.2 Å². The SMILES string of the molecule is Cc1ccc(CNC(=O)c2cccc(N/C(N)=C/C=C(\N)C3CCCC3)c2)o1.[HH].[HH]. The Morgan fingerprint density at radius 2 is 2.00 bits per heavy atom. The van der Waals surface area contributed by atoms with Crippen LogP contribution >= 0.6 is 0 Å². The Kier molecular flexibility index (Phi) is 6.42. The lowest BCUT2D eigenvalue weighted by molar-refractivity contribution is 0.0948. The lowest BCUT2D eigenvalue weighted by Crippen LogP contribution is -2.22. The minimum atomic E-state index is -0.175. The molecule has 1 fully saturated rings. The molecule has 0 atom stereocenters. The molecule has 152 valence electrons. The van der Waals surface area contributed by atoms with Gasteiger partial charge in [0.05, 0.1) is 6.54 Å². The molecule has 1 saturated carbocycles. The topological polar surface area (TPSA) is 106 Å². The van der Waals surface area contributed by atoms with Crippen molar-refractivity contribution in [2.24, 2.45) is 17.4 Å². The summed E-state index contributed by atoms with van der Waals surface area (Å²) in [6.07, 6.45) is 8.44. The van der Waals surface area contributed by atoms with E-state index >= 15 is 0 Å². The van der Waals surface area contributed by atoms with Gasteiger partial charge < -0.3 is 26.5 Å². The summed E-state index contributed by atoms with van der Waals surface area (Å²) in [4.78, 5) is 12.4. The number of allylic oxidation sites excluding steroid dienone is 3. The molecule has 1 aliphatic carbocycles. The summed E-state index contributed by atoms with van der Waals surface area (Å²) in [5.74, 6) is 2.31. The number of carbonyl (C=O) groups is 1. The quantitative estimate of drug-likeness (QED) is 0.534. The maximum Gasteiger partial charge on any atom is 0.251 e. The Bertz CT molecular complexity index is 887. The Morgan fingerprint density at radius 3 is 2.71 bits per heavy atom. The second-order valence-corrected chi connectivity index (χ2v) is 7.17. The van der Waals surface area contributed by atoms with E-state index in [0.717, 1.165) is 35.7 Å². The summed E-state index contributed by atoms with van der Waals surface area (Å²) >= 11 is 0. The van der Waals surface area contributed by atoms with E-state index in [0.29, 0.717) is 23.8 Å². The number of hydrogen-bond acceptors (Lipinski definition) is 5. The highest BCUT2D eigenvalue weighted by atomic mass is 16.3. The Morgan fingerprint density at radius 1 is 1.21 bits per heavy atom. The first-order valence-electron chi connectivity index (χ1n) is 9.64. The fourth-order valence-corrected chi connectivity index (χ4v) is 3.38. The van der Waals surface area contributed by atoms with E-state index in [-0.39, 0.29) is 8.76 Å². The van der Waals surface area contributed by atoms with Crippen LogP contribution in [-0.2, 0) is 6.54 Å². The van der Waals surface area contributed by atoms with Gasteiger partial charge in [0.1, 0.15) is 17.3 Å². The average molecular weight is 385 g/mol. The van der Waals surface area contributed by atoms with Crippen LogP contribution < -0.4 is 22.1 Å². The fourth-order valence-electron chi connectivity index (χ4n) is 3.38. The predicted octanol–water partition coefficient (Wildman–Crippen LogP) is 4.25. The second kappa shape index (κ2) is 9.17. The Labute approximate surface area is 168 Å². The zero-order chi connectivity index (χ0) is 19.9. The van der Waals surface area contributed by atoms with Crippen molar-refractivity contribution < 1.29 is 12.1 Å². The van der Waals surface area contributed by atoms with Gasteiger partial charge in [0, 0.05) is 19.8 Å². The van der Waals surface area contributed by atoms with Crippen LogP contribution in [0.2, 0.25) is 0 Å². The van der Waals surface area contributed by atoms with Crippen molar-refractivity contribution in [3.05, 3.63) is 77.2 Å². The molecule has 1 amide bonds. The summed E-state index contributed by atoms with van der Waals surface area (Å²) in [6, 6.07) is 10.9. The minimum absolute atomic E-state index is 0. The molecule has 0 spiro atoms. The molecule has 0 bridgehead atoms. The number of amides is 1. The first-order chi connectivity index (χ1) is 13.5. The van der Waals surface area contributed by atoms with E-state index in [1.807, 2.05) is 37.3 Å². The van der Waals surface area contributed by atoms with Crippen LogP contribution in [0.15, 0.2) is 64.5 Å². The van der Waals surface area contributed by atoms with Crippen LogP contribution in [0.1, 0.15) is 50.4 Å². The number of anilines is 1. The first-order valence-corrected chi connectivity index (χ1v) is 9.64.